The Morgan fingerprint density at radius 1 is 0.692 bits per heavy atom. The topological polar surface area (TPSA) is 120 Å². The molecular formula is C30H52N2O7. The van der Waals surface area contributed by atoms with Crippen molar-refractivity contribution in [1.29, 1.82) is 0 Å². The van der Waals surface area contributed by atoms with E-state index in [2.05, 4.69) is 24.5 Å². The quantitative estimate of drug-likeness (QED) is 0.230. The monoisotopic (exact) mass is 552 g/mol. The van der Waals surface area contributed by atoms with Gasteiger partial charge >= 0.3 is 17.9 Å². The molecule has 0 aliphatic heterocycles. The maximum Gasteiger partial charge on any atom is 0.323 e. The zero-order valence-electron chi connectivity index (χ0n) is 25.0. The van der Waals surface area contributed by atoms with E-state index in [9.17, 15) is 19.2 Å². The third kappa shape index (κ3) is 11.2. The van der Waals surface area contributed by atoms with Gasteiger partial charge < -0.3 is 24.8 Å². The molecule has 2 fully saturated rings. The molecule has 0 bridgehead atoms. The Bertz CT molecular complexity index is 804. The number of esters is 3. The van der Waals surface area contributed by atoms with E-state index in [0.29, 0.717) is 30.3 Å². The minimum Gasteiger partial charge on any atom is -0.466 e. The second kappa shape index (κ2) is 17.0. The highest BCUT2D eigenvalue weighted by atomic mass is 16.5. The van der Waals surface area contributed by atoms with Crippen LogP contribution >= 0.6 is 0 Å². The van der Waals surface area contributed by atoms with E-state index in [4.69, 9.17) is 14.2 Å². The molecule has 2 aliphatic carbocycles. The van der Waals surface area contributed by atoms with Crippen LogP contribution in [0.4, 0.5) is 0 Å². The molecule has 0 radical (unpaired) electrons. The molecular weight excluding hydrogens is 500 g/mol. The molecule has 8 atom stereocenters. The number of carbonyl (C=O) groups is 4. The van der Waals surface area contributed by atoms with E-state index in [1.54, 1.807) is 20.8 Å². The fraction of sp³-hybridized carbons (Fsp3) is 0.867. The number of hydrogen-bond acceptors (Lipinski definition) is 9. The summed E-state index contributed by atoms with van der Waals surface area (Å²) < 4.78 is 15.5. The first-order valence-corrected chi connectivity index (χ1v) is 15.1. The second-order valence-electron chi connectivity index (χ2n) is 11.6. The van der Waals surface area contributed by atoms with Crippen molar-refractivity contribution in [2.24, 2.45) is 23.7 Å². The van der Waals surface area contributed by atoms with Crippen molar-refractivity contribution in [3.8, 4) is 0 Å². The molecule has 0 aromatic rings. The number of ketones is 1. The maximum atomic E-state index is 12.5. The number of nitrogens with one attached hydrogen (secondary N) is 2. The smallest absolute Gasteiger partial charge is 0.323 e. The molecule has 224 valence electrons. The predicted molar refractivity (Wildman–Crippen MR) is 149 cm³/mol. The van der Waals surface area contributed by atoms with E-state index < -0.39 is 24.0 Å². The minimum absolute atomic E-state index is 0.0159. The Morgan fingerprint density at radius 3 is 1.51 bits per heavy atom. The third-order valence-electron chi connectivity index (χ3n) is 8.36. The van der Waals surface area contributed by atoms with Crippen molar-refractivity contribution in [3.63, 3.8) is 0 Å². The van der Waals surface area contributed by atoms with Crippen LogP contribution in [0.5, 0.6) is 0 Å². The average molecular weight is 553 g/mol. The van der Waals surface area contributed by atoms with Crippen LogP contribution in [0, 0.1) is 23.7 Å². The van der Waals surface area contributed by atoms with E-state index in [-0.39, 0.29) is 49.9 Å². The van der Waals surface area contributed by atoms with Gasteiger partial charge in [0.25, 0.3) is 0 Å². The molecule has 0 saturated heterocycles. The molecule has 0 heterocycles. The maximum absolute atomic E-state index is 12.5. The van der Waals surface area contributed by atoms with Gasteiger partial charge in [0.05, 0.1) is 26.2 Å². The summed E-state index contributed by atoms with van der Waals surface area (Å²) in [6.07, 6.45) is 7.67. The summed E-state index contributed by atoms with van der Waals surface area (Å²) in [5.41, 5.74) is 0. The summed E-state index contributed by atoms with van der Waals surface area (Å²) >= 11 is 0. The summed E-state index contributed by atoms with van der Waals surface area (Å²) in [5.74, 6) is 0.933. The Labute approximate surface area is 234 Å². The molecule has 0 aromatic heterocycles. The van der Waals surface area contributed by atoms with Crippen LogP contribution < -0.4 is 10.6 Å². The van der Waals surface area contributed by atoms with E-state index in [0.717, 1.165) is 38.5 Å². The molecule has 0 aromatic carbocycles. The zero-order chi connectivity index (χ0) is 28.9. The van der Waals surface area contributed by atoms with Gasteiger partial charge in [0.15, 0.2) is 0 Å². The van der Waals surface area contributed by atoms with Gasteiger partial charge in [0.2, 0.25) is 0 Å². The lowest BCUT2D eigenvalue weighted by Crippen LogP contribution is -2.50. The SMILES string of the molecule is CCOC(=O)CC(NC1CCC(CC2CCC(NC(CC(C)=O)C(=O)OCC)C(C)C2)CC1C)C(=O)OCC. The summed E-state index contributed by atoms with van der Waals surface area (Å²) in [7, 11) is 0. The molecule has 8 unspecified atom stereocenters. The van der Waals surface area contributed by atoms with Crippen LogP contribution in [-0.4, -0.2) is 67.7 Å². The van der Waals surface area contributed by atoms with Crippen LogP contribution in [0.25, 0.3) is 0 Å². The van der Waals surface area contributed by atoms with Gasteiger partial charge in [0.1, 0.15) is 17.9 Å². The van der Waals surface area contributed by atoms with Crippen LogP contribution in [0.2, 0.25) is 0 Å². The van der Waals surface area contributed by atoms with Crippen molar-refractivity contribution in [3.05, 3.63) is 0 Å². The van der Waals surface area contributed by atoms with Gasteiger partial charge in [-0.25, -0.2) is 0 Å². The molecule has 0 spiro atoms. The molecule has 2 N–H and O–H groups in total. The second-order valence-corrected chi connectivity index (χ2v) is 11.6. The fourth-order valence-electron chi connectivity index (χ4n) is 6.51. The summed E-state index contributed by atoms with van der Waals surface area (Å²) in [5, 5.41) is 6.86. The minimum atomic E-state index is -0.682. The molecule has 2 aliphatic rings. The fourth-order valence-corrected chi connectivity index (χ4v) is 6.51. The van der Waals surface area contributed by atoms with Crippen LogP contribution in [-0.2, 0) is 33.4 Å². The Hall–Kier alpha value is -2.00. The number of hydrogen-bond donors (Lipinski definition) is 2. The van der Waals surface area contributed by atoms with Gasteiger partial charge in [-0.05, 0) is 96.3 Å². The Morgan fingerprint density at radius 2 is 1.13 bits per heavy atom. The number of ether oxygens (including phenoxy) is 3. The van der Waals surface area contributed by atoms with Crippen molar-refractivity contribution in [2.45, 2.75) is 123 Å². The van der Waals surface area contributed by atoms with Gasteiger partial charge in [-0.3, -0.25) is 19.2 Å². The summed E-state index contributed by atoms with van der Waals surface area (Å²) in [4.78, 5) is 48.6. The number of Topliss-reactive ketones (excluding diaryl/α,β-unsaturated/α-hetero) is 1. The van der Waals surface area contributed by atoms with E-state index in [1.807, 2.05) is 0 Å². The molecule has 9 heteroatoms. The lowest BCUT2D eigenvalue weighted by molar-refractivity contribution is -0.152. The van der Waals surface area contributed by atoms with E-state index >= 15 is 0 Å². The van der Waals surface area contributed by atoms with Crippen molar-refractivity contribution >= 4 is 23.7 Å². The number of rotatable bonds is 15. The largest absolute Gasteiger partial charge is 0.466 e. The first kappa shape index (κ1) is 33.2. The molecule has 39 heavy (non-hydrogen) atoms. The number of carbonyl (C=O) groups excluding carboxylic acids is 4. The predicted octanol–water partition coefficient (Wildman–Crippen LogP) is 3.96. The van der Waals surface area contributed by atoms with Crippen molar-refractivity contribution < 1.29 is 33.4 Å². The molecule has 9 nitrogen and oxygen atoms in total. The van der Waals surface area contributed by atoms with Gasteiger partial charge in [-0.15, -0.1) is 0 Å². The standard InChI is InChI=1S/C30H52N2O7/c1-7-37-28(34)18-27(30(36)39-9-3)32-25-13-11-23(15-20(25)5)17-22-10-12-24(19(4)14-22)31-26(16-21(6)33)29(35)38-8-2/h19-20,22-27,31-32H,7-18H2,1-6H3. The summed E-state index contributed by atoms with van der Waals surface area (Å²) in [6.45, 7) is 12.2. The lowest BCUT2D eigenvalue weighted by Gasteiger charge is -2.40. The van der Waals surface area contributed by atoms with Gasteiger partial charge in [0, 0.05) is 18.5 Å². The highest BCUT2D eigenvalue weighted by Crippen LogP contribution is 2.39. The first-order chi connectivity index (χ1) is 18.6. The summed E-state index contributed by atoms with van der Waals surface area (Å²) in [6, 6.07) is -0.895. The first-order valence-electron chi connectivity index (χ1n) is 15.1. The third-order valence-corrected chi connectivity index (χ3v) is 8.36. The average Bonchev–Trinajstić information content (AvgIpc) is 2.86. The van der Waals surface area contributed by atoms with Crippen molar-refractivity contribution in [2.75, 3.05) is 19.8 Å². The van der Waals surface area contributed by atoms with Crippen molar-refractivity contribution in [1.82, 2.24) is 10.6 Å². The Balaban J connectivity index is 1.86. The highest BCUT2D eigenvalue weighted by molar-refractivity contribution is 5.85. The Kier molecular flexibility index (Phi) is 14.4. The van der Waals surface area contributed by atoms with Gasteiger partial charge in [-0.2, -0.15) is 0 Å². The van der Waals surface area contributed by atoms with Crippen LogP contribution in [0.15, 0.2) is 0 Å². The highest BCUT2D eigenvalue weighted by Gasteiger charge is 2.36. The molecule has 2 rings (SSSR count). The normalized spacial score (nSPS) is 28.7. The van der Waals surface area contributed by atoms with Gasteiger partial charge in [-0.1, -0.05) is 13.8 Å². The zero-order valence-corrected chi connectivity index (χ0v) is 25.0. The lowest BCUT2D eigenvalue weighted by atomic mass is 9.70. The van der Waals surface area contributed by atoms with Crippen LogP contribution in [0.1, 0.15) is 99.3 Å². The van der Waals surface area contributed by atoms with E-state index in [1.165, 1.54) is 13.3 Å². The van der Waals surface area contributed by atoms with Crippen LogP contribution in [0.3, 0.4) is 0 Å². The molecule has 0 amide bonds. The molecule has 2 saturated carbocycles.